The third-order valence-electron chi connectivity index (χ3n) is 4.52. The number of rotatable bonds is 8. The van der Waals surface area contributed by atoms with Crippen molar-refractivity contribution >= 4 is 35.3 Å². The maximum Gasteiger partial charge on any atom is 0.321 e. The van der Waals surface area contributed by atoms with Crippen LogP contribution in [0.5, 0.6) is 11.6 Å². The first-order chi connectivity index (χ1) is 16.9. The van der Waals surface area contributed by atoms with Crippen LogP contribution >= 0.6 is 0 Å². The lowest BCUT2D eigenvalue weighted by atomic mass is 10.1. The largest absolute Gasteiger partial charge is 0.437 e. The summed E-state index contributed by atoms with van der Waals surface area (Å²) in [5, 5.41) is 13.0. The molecule has 3 rings (SSSR count). The van der Waals surface area contributed by atoms with E-state index in [0.717, 1.165) is 0 Å². The number of para-hydroxylation sites is 1. The van der Waals surface area contributed by atoms with Gasteiger partial charge >= 0.3 is 6.03 Å². The number of nitrogens with zero attached hydrogens (tertiary/aromatic N) is 3. The molecular formula is C23H24N8O4. The summed E-state index contributed by atoms with van der Waals surface area (Å²) >= 11 is 0. The molecule has 0 saturated heterocycles. The molecule has 0 bridgehead atoms. The summed E-state index contributed by atoms with van der Waals surface area (Å²) in [6, 6.07) is 12.9. The van der Waals surface area contributed by atoms with Gasteiger partial charge in [-0.2, -0.15) is 4.98 Å². The van der Waals surface area contributed by atoms with E-state index in [4.69, 9.17) is 4.74 Å². The molecule has 3 aromatic rings. The maximum atomic E-state index is 12.9. The van der Waals surface area contributed by atoms with Gasteiger partial charge in [-0.05, 0) is 31.2 Å². The maximum absolute atomic E-state index is 12.9. The number of hydrogen-bond donors (Lipinski definition) is 5. The highest BCUT2D eigenvalue weighted by molar-refractivity contribution is 6.26. The van der Waals surface area contributed by atoms with Gasteiger partial charge in [-0.15, -0.1) is 0 Å². The van der Waals surface area contributed by atoms with Crippen LogP contribution in [0.3, 0.4) is 0 Å². The Morgan fingerprint density at radius 2 is 1.57 bits per heavy atom. The predicted octanol–water partition coefficient (Wildman–Crippen LogP) is 2.49. The lowest BCUT2D eigenvalue weighted by Gasteiger charge is -2.13. The topological polar surface area (TPSA) is 159 Å². The third kappa shape index (κ3) is 6.99. The molecule has 5 N–H and O–H groups in total. The molecule has 0 fully saturated rings. The van der Waals surface area contributed by atoms with Gasteiger partial charge in [0.15, 0.2) is 0 Å². The number of carbonyl (C=O) groups is 3. The highest BCUT2D eigenvalue weighted by Crippen LogP contribution is 2.21. The number of amides is 4. The van der Waals surface area contributed by atoms with Crippen molar-refractivity contribution in [1.82, 2.24) is 25.6 Å². The van der Waals surface area contributed by atoms with Gasteiger partial charge in [0.05, 0.1) is 6.20 Å². The lowest BCUT2D eigenvalue weighted by molar-refractivity contribution is -0.118. The number of allylic oxidation sites excluding steroid dienone is 1. The molecule has 0 spiro atoms. The third-order valence-corrected chi connectivity index (χ3v) is 4.52. The molecule has 1 aromatic carbocycles. The molecule has 4 amide bonds. The number of pyridine rings is 1. The molecule has 12 heteroatoms. The van der Waals surface area contributed by atoms with Crippen molar-refractivity contribution in [3.8, 4) is 11.6 Å². The zero-order chi connectivity index (χ0) is 25.2. The zero-order valence-corrected chi connectivity index (χ0v) is 19.2. The van der Waals surface area contributed by atoms with Crippen LogP contribution in [-0.2, 0) is 9.59 Å². The first kappa shape index (κ1) is 24.6. The summed E-state index contributed by atoms with van der Waals surface area (Å²) in [5.74, 6) is -0.417. The molecule has 0 aliphatic carbocycles. The summed E-state index contributed by atoms with van der Waals surface area (Å²) in [4.78, 5) is 49.2. The Bertz CT molecular complexity index is 1230. The van der Waals surface area contributed by atoms with Gasteiger partial charge < -0.3 is 26.0 Å². The van der Waals surface area contributed by atoms with Gasteiger partial charge in [-0.1, -0.05) is 18.2 Å². The Morgan fingerprint density at radius 1 is 0.829 bits per heavy atom. The van der Waals surface area contributed by atoms with Gasteiger partial charge in [-0.25, -0.2) is 14.8 Å². The van der Waals surface area contributed by atoms with Crippen molar-refractivity contribution < 1.29 is 19.1 Å². The van der Waals surface area contributed by atoms with Crippen LogP contribution in [0.1, 0.15) is 6.92 Å². The minimum Gasteiger partial charge on any atom is -0.437 e. The first-order valence-electron chi connectivity index (χ1n) is 10.4. The first-order valence-corrected chi connectivity index (χ1v) is 10.4. The molecule has 0 unspecified atom stereocenters. The van der Waals surface area contributed by atoms with E-state index >= 15 is 0 Å². The van der Waals surface area contributed by atoms with Gasteiger partial charge in [0.1, 0.15) is 17.1 Å². The molecule has 2 aromatic heterocycles. The molecule has 2 heterocycles. The van der Waals surface area contributed by atoms with E-state index < -0.39 is 17.8 Å². The number of urea groups is 1. The second kappa shape index (κ2) is 11.7. The molecule has 0 aliphatic rings. The molecule has 180 valence electrons. The van der Waals surface area contributed by atoms with Crippen molar-refractivity contribution in [2.75, 3.05) is 30.0 Å². The Morgan fingerprint density at radius 3 is 2.23 bits per heavy atom. The number of hydrogen-bond acceptors (Lipinski definition) is 8. The van der Waals surface area contributed by atoms with Crippen LogP contribution < -0.4 is 31.3 Å². The normalized spacial score (nSPS) is 10.9. The SMILES string of the molecule is CNC(=O)Nc1nccc(Oc2ccc(NC(=O)C(C(=O)Nc3ccccc3)=C(C)NC)nc2)n1. The van der Waals surface area contributed by atoms with Gasteiger partial charge in [0.25, 0.3) is 11.8 Å². The van der Waals surface area contributed by atoms with E-state index in [2.05, 4.69) is 41.5 Å². The Hall–Kier alpha value is -5.00. The van der Waals surface area contributed by atoms with Gasteiger partial charge in [-0.3, -0.25) is 14.9 Å². The summed E-state index contributed by atoms with van der Waals surface area (Å²) in [7, 11) is 3.09. The smallest absolute Gasteiger partial charge is 0.321 e. The minimum absolute atomic E-state index is 0.0618. The second-order valence-electron chi connectivity index (χ2n) is 6.93. The van der Waals surface area contributed by atoms with E-state index in [1.807, 2.05) is 6.07 Å². The van der Waals surface area contributed by atoms with Crippen molar-refractivity contribution in [2.24, 2.45) is 0 Å². The Kier molecular flexibility index (Phi) is 8.27. The number of anilines is 3. The quantitative estimate of drug-likeness (QED) is 0.188. The number of carbonyl (C=O) groups excluding carboxylic acids is 3. The summed E-state index contributed by atoms with van der Waals surface area (Å²) in [5.41, 5.74) is 0.862. The van der Waals surface area contributed by atoms with Crippen molar-refractivity contribution in [2.45, 2.75) is 6.92 Å². The monoisotopic (exact) mass is 476 g/mol. The van der Waals surface area contributed by atoms with Gasteiger partial charge in [0, 0.05) is 37.7 Å². The standard InChI is InChI=1S/C23H24N8O4/c1-14(24-2)19(20(32)28-15-7-5-4-6-8-15)21(33)29-17-10-9-16(13-27-17)35-18-11-12-26-22(30-18)31-23(34)25-3/h4-13,24H,1-3H3,(H,28,32)(H,27,29,33)(H2,25,26,30,31,34). The average molecular weight is 476 g/mol. The van der Waals surface area contributed by atoms with Crippen LogP contribution in [0.4, 0.5) is 22.2 Å². The van der Waals surface area contributed by atoms with E-state index in [0.29, 0.717) is 17.1 Å². The highest BCUT2D eigenvalue weighted by Gasteiger charge is 2.22. The predicted molar refractivity (Wildman–Crippen MR) is 130 cm³/mol. The van der Waals surface area contributed by atoms with Crippen LogP contribution in [0.15, 0.2) is 72.2 Å². The van der Waals surface area contributed by atoms with Crippen LogP contribution in [0.25, 0.3) is 0 Å². The Labute approximate surface area is 201 Å². The summed E-state index contributed by atoms with van der Waals surface area (Å²) < 4.78 is 5.62. The van der Waals surface area contributed by atoms with E-state index in [9.17, 15) is 14.4 Å². The van der Waals surface area contributed by atoms with Gasteiger partial charge in [0.2, 0.25) is 11.8 Å². The molecule has 35 heavy (non-hydrogen) atoms. The van der Waals surface area contributed by atoms with E-state index in [1.54, 1.807) is 44.3 Å². The van der Waals surface area contributed by atoms with Crippen LogP contribution in [0.2, 0.25) is 0 Å². The van der Waals surface area contributed by atoms with Crippen molar-refractivity contribution in [3.63, 3.8) is 0 Å². The van der Waals surface area contributed by atoms with Crippen molar-refractivity contribution in [3.05, 3.63) is 72.2 Å². The molecular weight excluding hydrogens is 452 g/mol. The molecule has 0 atom stereocenters. The number of nitrogens with one attached hydrogen (secondary N) is 5. The van der Waals surface area contributed by atoms with E-state index in [-0.39, 0.29) is 23.2 Å². The van der Waals surface area contributed by atoms with Crippen LogP contribution in [0, 0.1) is 0 Å². The van der Waals surface area contributed by atoms with Crippen LogP contribution in [-0.4, -0.2) is 46.9 Å². The Balaban J connectivity index is 1.67. The summed E-state index contributed by atoms with van der Waals surface area (Å²) in [6.07, 6.45) is 2.80. The molecule has 12 nitrogen and oxygen atoms in total. The van der Waals surface area contributed by atoms with E-state index in [1.165, 1.54) is 31.6 Å². The molecule has 0 radical (unpaired) electrons. The molecule has 0 aliphatic heterocycles. The second-order valence-corrected chi connectivity index (χ2v) is 6.93. The number of aromatic nitrogens is 3. The fraction of sp³-hybridized carbons (Fsp3) is 0.130. The highest BCUT2D eigenvalue weighted by atomic mass is 16.5. The van der Waals surface area contributed by atoms with Crippen molar-refractivity contribution in [1.29, 1.82) is 0 Å². The lowest BCUT2D eigenvalue weighted by Crippen LogP contribution is -2.29. The number of ether oxygens (including phenoxy) is 1. The summed E-state index contributed by atoms with van der Waals surface area (Å²) in [6.45, 7) is 1.62. The fourth-order valence-electron chi connectivity index (χ4n) is 2.72. The zero-order valence-electron chi connectivity index (χ0n) is 19.2. The fourth-order valence-corrected chi connectivity index (χ4v) is 2.72. The average Bonchev–Trinajstić information content (AvgIpc) is 2.86. The molecule has 0 saturated carbocycles. The minimum atomic E-state index is -0.632. The number of benzene rings is 1.